The van der Waals surface area contributed by atoms with E-state index in [1.165, 1.54) is 5.70 Å². The molecule has 0 aromatic rings. The fourth-order valence-electron chi connectivity index (χ4n) is 2.69. The highest BCUT2D eigenvalue weighted by molar-refractivity contribution is 5.91. The van der Waals surface area contributed by atoms with Crippen LogP contribution < -0.4 is 10.6 Å². The van der Waals surface area contributed by atoms with Crippen molar-refractivity contribution in [2.45, 2.75) is 19.0 Å². The molecular formula is C11H13N3O2. The van der Waals surface area contributed by atoms with Gasteiger partial charge in [-0.2, -0.15) is 0 Å². The van der Waals surface area contributed by atoms with Crippen LogP contribution in [0.1, 0.15) is 12.8 Å². The van der Waals surface area contributed by atoms with Crippen LogP contribution in [-0.4, -0.2) is 23.2 Å². The van der Waals surface area contributed by atoms with Gasteiger partial charge in [0.1, 0.15) is 12.0 Å². The third kappa shape index (κ3) is 1.39. The highest BCUT2D eigenvalue weighted by atomic mass is 16.4. The Kier molecular flexibility index (Phi) is 1.99. The molecule has 1 fully saturated rings. The lowest BCUT2D eigenvalue weighted by molar-refractivity contribution is 0.189. The maximum Gasteiger partial charge on any atom is 0.406 e. The lowest BCUT2D eigenvalue weighted by Gasteiger charge is -2.18. The zero-order valence-corrected chi connectivity index (χ0v) is 8.68. The Labute approximate surface area is 92.9 Å². The molecule has 3 atom stereocenters. The van der Waals surface area contributed by atoms with Gasteiger partial charge in [0, 0.05) is 17.5 Å². The molecule has 0 radical (unpaired) electrons. The van der Waals surface area contributed by atoms with Gasteiger partial charge in [-0.3, -0.25) is 5.32 Å². The van der Waals surface area contributed by atoms with Gasteiger partial charge in [0.25, 0.3) is 0 Å². The van der Waals surface area contributed by atoms with E-state index in [9.17, 15) is 4.79 Å². The van der Waals surface area contributed by atoms with Crippen molar-refractivity contribution in [3.8, 4) is 0 Å². The molecule has 0 aromatic heterocycles. The van der Waals surface area contributed by atoms with Gasteiger partial charge in [0.2, 0.25) is 0 Å². The molecule has 1 amide bonds. The van der Waals surface area contributed by atoms with Gasteiger partial charge in [0.05, 0.1) is 0 Å². The largest absolute Gasteiger partial charge is 0.465 e. The number of nitrogens with zero attached hydrogens (tertiary/aromatic N) is 1. The molecule has 3 unspecified atom stereocenters. The van der Waals surface area contributed by atoms with Crippen molar-refractivity contribution in [1.29, 1.82) is 0 Å². The summed E-state index contributed by atoms with van der Waals surface area (Å²) < 4.78 is 0. The van der Waals surface area contributed by atoms with E-state index >= 15 is 0 Å². The minimum Gasteiger partial charge on any atom is -0.465 e. The normalized spacial score (nSPS) is 34.6. The molecule has 2 heterocycles. The van der Waals surface area contributed by atoms with Crippen molar-refractivity contribution in [3.63, 3.8) is 0 Å². The first-order valence-electron chi connectivity index (χ1n) is 5.45. The maximum absolute atomic E-state index is 10.5. The molecule has 0 aromatic carbocycles. The summed E-state index contributed by atoms with van der Waals surface area (Å²) in [5.74, 6) is 1.76. The van der Waals surface area contributed by atoms with Crippen LogP contribution in [0.5, 0.6) is 0 Å². The highest BCUT2D eigenvalue weighted by Gasteiger charge is 2.42. The minimum atomic E-state index is -1.01. The first kappa shape index (κ1) is 9.45. The van der Waals surface area contributed by atoms with Gasteiger partial charge < -0.3 is 10.4 Å². The molecule has 1 aliphatic carbocycles. The van der Waals surface area contributed by atoms with Gasteiger partial charge >= 0.3 is 6.09 Å². The Balaban J connectivity index is 1.78. The van der Waals surface area contributed by atoms with Gasteiger partial charge in [-0.05, 0) is 18.9 Å². The molecule has 84 valence electrons. The number of amidine groups is 1. The summed E-state index contributed by atoms with van der Waals surface area (Å²) in [5, 5.41) is 14.3. The zero-order chi connectivity index (χ0) is 11.1. The Bertz CT molecular complexity index is 425. The number of nitrogens with one attached hydrogen (secondary N) is 2. The average molecular weight is 219 g/mol. The van der Waals surface area contributed by atoms with Crippen molar-refractivity contribution in [2.75, 3.05) is 0 Å². The SMILES string of the molecule is O=C(O)NC1CC2C(=N1)NC1=CC=CCC12. The average Bonchev–Trinajstić information content (AvgIpc) is 2.73. The number of carboxylic acid groups (broad SMARTS) is 1. The number of fused-ring (bicyclic) bond motifs is 3. The van der Waals surface area contributed by atoms with Gasteiger partial charge in [-0.25, -0.2) is 9.79 Å². The number of hydrogen-bond acceptors (Lipinski definition) is 3. The zero-order valence-electron chi connectivity index (χ0n) is 8.68. The summed E-state index contributed by atoms with van der Waals surface area (Å²) in [7, 11) is 0. The number of aliphatic imine (C=N–C) groups is 1. The first-order chi connectivity index (χ1) is 7.74. The lowest BCUT2D eigenvalue weighted by atomic mass is 9.86. The van der Waals surface area contributed by atoms with Crippen LogP contribution in [0, 0.1) is 11.8 Å². The maximum atomic E-state index is 10.5. The topological polar surface area (TPSA) is 73.7 Å². The van der Waals surface area contributed by atoms with E-state index in [1.54, 1.807) is 0 Å². The second-order valence-corrected chi connectivity index (χ2v) is 4.34. The number of hydrogen-bond donors (Lipinski definition) is 3. The summed E-state index contributed by atoms with van der Waals surface area (Å²) in [6.45, 7) is 0. The molecule has 0 spiro atoms. The molecule has 1 saturated heterocycles. The quantitative estimate of drug-likeness (QED) is 0.617. The number of allylic oxidation sites excluding steroid dienone is 4. The predicted octanol–water partition coefficient (Wildman–Crippen LogP) is 1.06. The van der Waals surface area contributed by atoms with Crippen molar-refractivity contribution in [2.24, 2.45) is 16.8 Å². The molecule has 0 bridgehead atoms. The third-order valence-electron chi connectivity index (χ3n) is 3.37. The van der Waals surface area contributed by atoms with Crippen molar-refractivity contribution >= 4 is 11.9 Å². The number of carbonyl (C=O) groups is 1. The summed E-state index contributed by atoms with van der Waals surface area (Å²) in [5.41, 5.74) is 1.22. The minimum absolute atomic E-state index is 0.280. The molecule has 3 rings (SSSR count). The van der Waals surface area contributed by atoms with E-state index in [-0.39, 0.29) is 6.17 Å². The first-order valence-corrected chi connectivity index (χ1v) is 5.45. The standard InChI is InChI=1S/C11H13N3O2/c15-11(16)14-9-5-7-6-3-1-2-4-8(6)12-10(7)13-9/h1-2,4,6-7,9,14H,3,5H2,(H,12,13)(H,15,16). The van der Waals surface area contributed by atoms with E-state index in [1.807, 2.05) is 6.08 Å². The Morgan fingerprint density at radius 1 is 1.56 bits per heavy atom. The van der Waals surface area contributed by atoms with Crippen molar-refractivity contribution in [1.82, 2.24) is 10.6 Å². The molecular weight excluding hydrogens is 206 g/mol. The fraction of sp³-hybridized carbons (Fsp3) is 0.455. The van der Waals surface area contributed by atoms with E-state index in [0.29, 0.717) is 11.8 Å². The summed E-state index contributed by atoms with van der Waals surface area (Å²) in [6, 6.07) is 0. The number of amides is 1. The predicted molar refractivity (Wildman–Crippen MR) is 59.0 cm³/mol. The second kappa shape index (κ2) is 3.37. The van der Waals surface area contributed by atoms with Crippen LogP contribution in [0.25, 0.3) is 0 Å². The molecule has 16 heavy (non-hydrogen) atoms. The number of rotatable bonds is 1. The Morgan fingerprint density at radius 3 is 3.25 bits per heavy atom. The van der Waals surface area contributed by atoms with E-state index in [2.05, 4.69) is 27.8 Å². The third-order valence-corrected chi connectivity index (χ3v) is 3.37. The van der Waals surface area contributed by atoms with Crippen LogP contribution in [0.15, 0.2) is 28.9 Å². The van der Waals surface area contributed by atoms with Gasteiger partial charge in [0.15, 0.2) is 0 Å². The molecule has 3 aliphatic rings. The van der Waals surface area contributed by atoms with E-state index < -0.39 is 6.09 Å². The molecule has 5 nitrogen and oxygen atoms in total. The van der Waals surface area contributed by atoms with Crippen LogP contribution in [0.3, 0.4) is 0 Å². The van der Waals surface area contributed by atoms with Crippen LogP contribution in [0.4, 0.5) is 4.79 Å². The van der Waals surface area contributed by atoms with Crippen molar-refractivity contribution in [3.05, 3.63) is 23.9 Å². The van der Waals surface area contributed by atoms with Crippen LogP contribution in [0.2, 0.25) is 0 Å². The second-order valence-electron chi connectivity index (χ2n) is 4.34. The Morgan fingerprint density at radius 2 is 2.44 bits per heavy atom. The summed E-state index contributed by atoms with van der Waals surface area (Å²) in [4.78, 5) is 14.9. The lowest BCUT2D eigenvalue weighted by Crippen LogP contribution is -2.31. The highest BCUT2D eigenvalue weighted by Crippen LogP contribution is 2.38. The molecule has 2 aliphatic heterocycles. The fourth-order valence-corrected chi connectivity index (χ4v) is 2.69. The van der Waals surface area contributed by atoms with Crippen LogP contribution in [-0.2, 0) is 0 Å². The summed E-state index contributed by atoms with van der Waals surface area (Å²) >= 11 is 0. The summed E-state index contributed by atoms with van der Waals surface area (Å²) in [6.07, 6.45) is 6.78. The van der Waals surface area contributed by atoms with E-state index in [4.69, 9.17) is 5.11 Å². The van der Waals surface area contributed by atoms with E-state index in [0.717, 1.165) is 18.7 Å². The van der Waals surface area contributed by atoms with Crippen LogP contribution >= 0.6 is 0 Å². The Hall–Kier alpha value is -1.78. The van der Waals surface area contributed by atoms with Gasteiger partial charge in [-0.1, -0.05) is 12.2 Å². The van der Waals surface area contributed by atoms with Gasteiger partial charge in [-0.15, -0.1) is 0 Å². The van der Waals surface area contributed by atoms with Crippen molar-refractivity contribution < 1.29 is 9.90 Å². The smallest absolute Gasteiger partial charge is 0.406 e. The monoisotopic (exact) mass is 219 g/mol. The molecule has 5 heteroatoms. The molecule has 0 saturated carbocycles. The molecule has 3 N–H and O–H groups in total.